The number of ketones is 1. The number of allylic oxidation sites excluding steroid dienone is 2. The second-order valence-corrected chi connectivity index (χ2v) is 12.8. The van der Waals surface area contributed by atoms with Crippen LogP contribution in [0.1, 0.15) is 63.8 Å². The fraction of sp³-hybridized carbons (Fsp3) is 0.300. The number of carbonyl (C=O) groups is 1. The maximum absolute atomic E-state index is 11.7. The van der Waals surface area contributed by atoms with Gasteiger partial charge in [-0.25, -0.2) is 0 Å². The number of hydrogen-bond acceptors (Lipinski definition) is 5. The predicted octanol–water partition coefficient (Wildman–Crippen LogP) is 11.8. The van der Waals surface area contributed by atoms with E-state index in [1.807, 2.05) is 69.5 Å². The quantitative estimate of drug-likeness (QED) is 0.0898. The van der Waals surface area contributed by atoms with Crippen molar-refractivity contribution in [2.24, 2.45) is 11.8 Å². The Hall–Kier alpha value is -3.57. The molecule has 3 aromatic heterocycles. The number of hydrogen-bond donors (Lipinski definition) is 1. The molecule has 0 saturated heterocycles. The summed E-state index contributed by atoms with van der Waals surface area (Å²) in [5, 5.41) is 14.6. The van der Waals surface area contributed by atoms with Crippen molar-refractivity contribution >= 4 is 48.9 Å². The molecule has 0 aliphatic rings. The number of aliphatic hydroxyl groups excluding tert-OH is 1. The fourth-order valence-electron chi connectivity index (χ4n) is 5.93. The van der Waals surface area contributed by atoms with E-state index in [4.69, 9.17) is 9.40 Å². The van der Waals surface area contributed by atoms with Crippen LogP contribution in [0.2, 0.25) is 0 Å². The van der Waals surface area contributed by atoms with Crippen molar-refractivity contribution in [1.29, 1.82) is 0 Å². The van der Waals surface area contributed by atoms with Gasteiger partial charge in [-0.2, -0.15) is 11.3 Å². The Balaban J connectivity index is 0.000000259. The van der Waals surface area contributed by atoms with Gasteiger partial charge in [-0.3, -0.25) is 9.78 Å². The molecule has 3 aromatic carbocycles. The van der Waals surface area contributed by atoms with Gasteiger partial charge in [0.1, 0.15) is 11.3 Å². The molecular weight excluding hydrogens is 767 g/mol. The molecule has 6 heteroatoms. The zero-order valence-corrected chi connectivity index (χ0v) is 30.7. The Morgan fingerprint density at radius 1 is 0.935 bits per heavy atom. The molecule has 0 saturated carbocycles. The van der Waals surface area contributed by atoms with Gasteiger partial charge in [0, 0.05) is 60.9 Å². The first-order valence-electron chi connectivity index (χ1n) is 16.0. The third-order valence-electron chi connectivity index (χ3n) is 8.88. The van der Waals surface area contributed by atoms with E-state index in [0.29, 0.717) is 0 Å². The van der Waals surface area contributed by atoms with Gasteiger partial charge in [-0.05, 0) is 72.9 Å². The summed E-state index contributed by atoms with van der Waals surface area (Å²) in [6, 6.07) is 26.4. The van der Waals surface area contributed by atoms with E-state index >= 15 is 0 Å². The van der Waals surface area contributed by atoms with Gasteiger partial charge in [-0.1, -0.05) is 86.5 Å². The smallest absolute Gasteiger partial charge is 0.162 e. The van der Waals surface area contributed by atoms with Crippen LogP contribution in [-0.4, -0.2) is 15.9 Å². The van der Waals surface area contributed by atoms with Crippen LogP contribution in [0.3, 0.4) is 0 Å². The van der Waals surface area contributed by atoms with E-state index in [2.05, 4.69) is 62.4 Å². The summed E-state index contributed by atoms with van der Waals surface area (Å²) in [6.45, 7) is 12.5. The molecule has 6 rings (SSSR count). The molecule has 0 fully saturated rings. The van der Waals surface area contributed by atoms with Crippen molar-refractivity contribution in [2.75, 3.05) is 0 Å². The summed E-state index contributed by atoms with van der Waals surface area (Å²) in [5.74, 6) is 1.40. The number of pyridine rings is 1. The number of thiophene rings is 1. The van der Waals surface area contributed by atoms with Gasteiger partial charge in [0.2, 0.25) is 0 Å². The molecule has 0 atom stereocenters. The fourth-order valence-corrected chi connectivity index (χ4v) is 7.12. The zero-order valence-electron chi connectivity index (χ0n) is 27.4. The number of aromatic nitrogens is 1. The minimum Gasteiger partial charge on any atom is -0.512 e. The summed E-state index contributed by atoms with van der Waals surface area (Å²) in [5.41, 5.74) is 5.24. The number of rotatable bonds is 9. The average molecular weight is 809 g/mol. The Morgan fingerprint density at radius 2 is 1.61 bits per heavy atom. The largest absolute Gasteiger partial charge is 0.512 e. The van der Waals surface area contributed by atoms with Crippen LogP contribution >= 0.6 is 11.3 Å². The van der Waals surface area contributed by atoms with E-state index in [0.717, 1.165) is 64.6 Å². The number of aryl methyl sites for hydroxylation is 2. The van der Waals surface area contributed by atoms with Crippen LogP contribution in [0.25, 0.3) is 54.4 Å². The number of aliphatic hydroxyl groups is 1. The minimum absolute atomic E-state index is 0. The van der Waals surface area contributed by atoms with Crippen LogP contribution in [0.5, 0.6) is 0 Å². The second-order valence-electron chi connectivity index (χ2n) is 11.6. The van der Waals surface area contributed by atoms with Gasteiger partial charge in [0.05, 0.1) is 5.76 Å². The van der Waals surface area contributed by atoms with Crippen LogP contribution in [0.4, 0.5) is 0 Å². The van der Waals surface area contributed by atoms with Crippen molar-refractivity contribution in [3.63, 3.8) is 0 Å². The summed E-state index contributed by atoms with van der Waals surface area (Å²) in [4.78, 5) is 17.8. The van der Waals surface area contributed by atoms with Gasteiger partial charge >= 0.3 is 0 Å². The van der Waals surface area contributed by atoms with Crippen molar-refractivity contribution in [3.05, 3.63) is 101 Å². The minimum atomic E-state index is 0. The molecule has 0 aliphatic heterocycles. The van der Waals surface area contributed by atoms with Gasteiger partial charge in [-0.15, -0.1) is 17.5 Å². The number of para-hydroxylation sites is 1. The zero-order chi connectivity index (χ0) is 32.1. The molecular formula is C40H42IrNO3S-. The molecule has 0 amide bonds. The molecule has 0 spiro atoms. The van der Waals surface area contributed by atoms with E-state index in [1.54, 1.807) is 0 Å². The summed E-state index contributed by atoms with van der Waals surface area (Å²) < 4.78 is 7.34. The summed E-state index contributed by atoms with van der Waals surface area (Å²) >= 11 is 1.83. The summed E-state index contributed by atoms with van der Waals surface area (Å²) in [7, 11) is 0. The first-order valence-corrected chi connectivity index (χ1v) is 16.8. The predicted molar refractivity (Wildman–Crippen MR) is 190 cm³/mol. The van der Waals surface area contributed by atoms with Crippen molar-refractivity contribution in [3.8, 4) is 22.6 Å². The second kappa shape index (κ2) is 15.8. The van der Waals surface area contributed by atoms with Crippen molar-refractivity contribution in [2.45, 2.75) is 67.2 Å². The normalized spacial score (nSPS) is 11.7. The number of fused-ring (bicyclic) bond motifs is 4. The van der Waals surface area contributed by atoms with Crippen molar-refractivity contribution < 1.29 is 34.4 Å². The number of nitrogens with zero attached hydrogens (tertiary/aromatic N) is 1. The summed E-state index contributed by atoms with van der Waals surface area (Å²) in [6.07, 6.45) is 6.77. The first kappa shape index (κ1) is 35.3. The van der Waals surface area contributed by atoms with Crippen LogP contribution < -0.4 is 0 Å². The molecule has 1 N–H and O–H groups in total. The molecule has 241 valence electrons. The topological polar surface area (TPSA) is 63.3 Å². The van der Waals surface area contributed by atoms with Crippen molar-refractivity contribution in [1.82, 2.24) is 4.98 Å². The molecule has 4 nitrogen and oxygen atoms in total. The SMILES string of the molecule is CCC(CC)C(=O)/C=C(\O)C(CC)CC.Cc1sc2c(-c3cc(-c4cc5ccccc5o4)ccn3)[c-]c3ccccc3c2c1C.[Ir]. The van der Waals surface area contributed by atoms with Crippen LogP contribution in [0, 0.1) is 31.7 Å². The van der Waals surface area contributed by atoms with E-state index in [9.17, 15) is 9.90 Å². The van der Waals surface area contributed by atoms with Crippen LogP contribution in [0.15, 0.2) is 89.2 Å². The third-order valence-corrected chi connectivity index (χ3v) is 10.1. The number of furan rings is 1. The number of carbonyl (C=O) groups excluding carboxylic acids is 1. The van der Waals surface area contributed by atoms with Crippen LogP contribution in [-0.2, 0) is 24.9 Å². The average Bonchev–Trinajstić information content (AvgIpc) is 3.63. The molecule has 0 bridgehead atoms. The molecule has 46 heavy (non-hydrogen) atoms. The van der Waals surface area contributed by atoms with E-state index < -0.39 is 0 Å². The third kappa shape index (κ3) is 7.36. The maximum Gasteiger partial charge on any atom is 0.162 e. The Morgan fingerprint density at radius 3 is 2.30 bits per heavy atom. The molecule has 3 heterocycles. The molecule has 1 radical (unpaired) electrons. The van der Waals surface area contributed by atoms with Gasteiger partial charge < -0.3 is 9.52 Å². The standard InChI is InChI=1S/C27H18NOS.C13H24O2.Ir/c1-16-17(2)30-27-22(13-18-7-3-5-9-21(18)26(16)27)23-14-20(11-12-28-23)25-15-19-8-4-6-10-24(19)29-25;1-5-10(6-2)12(14)9-13(15)11(7-3)8-4;/h3-12,14-15H,1-2H3;9-11,14H,5-8H2,1-4H3;/q-1;;/b;12-9-;. The Kier molecular flexibility index (Phi) is 12.1. The Labute approximate surface area is 289 Å². The first-order chi connectivity index (χ1) is 21.8. The maximum atomic E-state index is 11.7. The van der Waals surface area contributed by atoms with Gasteiger partial charge in [0.15, 0.2) is 5.78 Å². The molecule has 0 unspecified atom stereocenters. The van der Waals surface area contributed by atoms with Gasteiger partial charge in [0.25, 0.3) is 0 Å². The number of benzene rings is 3. The monoisotopic (exact) mass is 809 g/mol. The van der Waals surface area contributed by atoms with E-state index in [-0.39, 0.29) is 43.5 Å². The molecule has 6 aromatic rings. The molecule has 0 aliphatic carbocycles. The van der Waals surface area contributed by atoms with E-state index in [1.165, 1.54) is 32.0 Å². The Bertz CT molecular complexity index is 1940.